The molecule has 1 heterocycles. The maximum Gasteiger partial charge on any atom is 0.119 e. The molecule has 0 aliphatic carbocycles. The third kappa shape index (κ3) is 4.02. The Morgan fingerprint density at radius 3 is 2.61 bits per heavy atom. The predicted octanol–water partition coefficient (Wildman–Crippen LogP) is 3.41. The van der Waals surface area contributed by atoms with Crippen LogP contribution in [0.25, 0.3) is 0 Å². The van der Waals surface area contributed by atoms with Crippen molar-refractivity contribution < 1.29 is 4.74 Å². The Morgan fingerprint density at radius 2 is 2.00 bits per heavy atom. The van der Waals surface area contributed by atoms with Crippen molar-refractivity contribution in [1.82, 2.24) is 5.32 Å². The Kier molecular flexibility index (Phi) is 5.06. The zero-order valence-corrected chi connectivity index (χ0v) is 11.6. The van der Waals surface area contributed by atoms with E-state index in [4.69, 9.17) is 4.74 Å². The van der Waals surface area contributed by atoms with Gasteiger partial charge in [0.2, 0.25) is 0 Å². The summed E-state index contributed by atoms with van der Waals surface area (Å²) in [7, 11) is 0. The van der Waals surface area contributed by atoms with Gasteiger partial charge in [-0.25, -0.2) is 0 Å². The van der Waals surface area contributed by atoms with E-state index in [1.807, 2.05) is 0 Å². The molecule has 0 spiro atoms. The fraction of sp³-hybridized carbons (Fsp3) is 0.625. The largest absolute Gasteiger partial charge is 0.494 e. The van der Waals surface area contributed by atoms with Crippen LogP contribution in [0.15, 0.2) is 24.3 Å². The molecule has 0 radical (unpaired) electrons. The molecule has 0 saturated carbocycles. The Balaban J connectivity index is 1.82. The second-order valence-electron chi connectivity index (χ2n) is 5.48. The van der Waals surface area contributed by atoms with Gasteiger partial charge in [-0.1, -0.05) is 26.0 Å². The quantitative estimate of drug-likeness (QED) is 0.861. The van der Waals surface area contributed by atoms with Gasteiger partial charge < -0.3 is 10.1 Å². The number of rotatable bonds is 5. The molecular formula is C16H25NO. The summed E-state index contributed by atoms with van der Waals surface area (Å²) in [5.41, 5.74) is 1.41. The normalized spacial score (nSPS) is 23.9. The fourth-order valence-electron chi connectivity index (χ4n) is 2.46. The predicted molar refractivity (Wildman–Crippen MR) is 76.1 cm³/mol. The first-order valence-corrected chi connectivity index (χ1v) is 7.23. The van der Waals surface area contributed by atoms with Crippen molar-refractivity contribution in [3.8, 4) is 5.75 Å². The van der Waals surface area contributed by atoms with Crippen LogP contribution in [0.4, 0.5) is 0 Å². The van der Waals surface area contributed by atoms with E-state index in [1.165, 1.54) is 24.9 Å². The summed E-state index contributed by atoms with van der Waals surface area (Å²) in [4.78, 5) is 0. The van der Waals surface area contributed by atoms with Crippen molar-refractivity contribution in [3.63, 3.8) is 0 Å². The lowest BCUT2D eigenvalue weighted by molar-refractivity contribution is 0.316. The molecule has 1 saturated heterocycles. The molecule has 0 bridgehead atoms. The van der Waals surface area contributed by atoms with Gasteiger partial charge in [0.25, 0.3) is 0 Å². The molecule has 100 valence electrons. The second-order valence-corrected chi connectivity index (χ2v) is 5.48. The molecule has 1 N–H and O–H groups in total. The summed E-state index contributed by atoms with van der Waals surface area (Å²) < 4.78 is 5.60. The molecule has 0 amide bonds. The van der Waals surface area contributed by atoms with E-state index in [2.05, 4.69) is 43.4 Å². The summed E-state index contributed by atoms with van der Waals surface area (Å²) in [5.74, 6) is 1.83. The molecule has 1 aromatic rings. The van der Waals surface area contributed by atoms with Crippen LogP contribution in [0.5, 0.6) is 5.75 Å². The highest BCUT2D eigenvalue weighted by Gasteiger charge is 2.17. The van der Waals surface area contributed by atoms with Crippen molar-refractivity contribution >= 4 is 0 Å². The summed E-state index contributed by atoms with van der Waals surface area (Å²) in [6.07, 6.45) is 4.86. The first kappa shape index (κ1) is 13.4. The highest BCUT2D eigenvalue weighted by Crippen LogP contribution is 2.18. The molecule has 1 aromatic carbocycles. The van der Waals surface area contributed by atoms with Crippen LogP contribution in [-0.4, -0.2) is 19.2 Å². The molecule has 1 aliphatic heterocycles. The van der Waals surface area contributed by atoms with Gasteiger partial charge in [0, 0.05) is 6.04 Å². The smallest absolute Gasteiger partial charge is 0.119 e. The van der Waals surface area contributed by atoms with E-state index >= 15 is 0 Å². The lowest BCUT2D eigenvalue weighted by atomic mass is 9.92. The first-order valence-electron chi connectivity index (χ1n) is 7.23. The number of hydrogen-bond donors (Lipinski definition) is 1. The van der Waals surface area contributed by atoms with Crippen LogP contribution < -0.4 is 10.1 Å². The van der Waals surface area contributed by atoms with Gasteiger partial charge in [0.15, 0.2) is 0 Å². The van der Waals surface area contributed by atoms with Crippen LogP contribution in [0.1, 0.15) is 38.7 Å². The zero-order valence-electron chi connectivity index (χ0n) is 11.6. The number of benzene rings is 1. The third-order valence-electron chi connectivity index (χ3n) is 3.64. The Morgan fingerprint density at radius 1 is 1.22 bits per heavy atom. The van der Waals surface area contributed by atoms with Gasteiger partial charge in [0.05, 0.1) is 6.61 Å². The molecule has 18 heavy (non-hydrogen) atoms. The molecule has 1 fully saturated rings. The van der Waals surface area contributed by atoms with Gasteiger partial charge in [-0.15, -0.1) is 0 Å². The van der Waals surface area contributed by atoms with Crippen molar-refractivity contribution in [3.05, 3.63) is 29.8 Å². The van der Waals surface area contributed by atoms with E-state index in [0.29, 0.717) is 6.04 Å². The number of ether oxygens (including phenoxy) is 1. The second kappa shape index (κ2) is 6.79. The highest BCUT2D eigenvalue weighted by molar-refractivity contribution is 5.27. The van der Waals surface area contributed by atoms with Crippen LogP contribution in [0.3, 0.4) is 0 Å². The molecule has 2 unspecified atom stereocenters. The third-order valence-corrected chi connectivity index (χ3v) is 3.64. The average Bonchev–Trinajstić information content (AvgIpc) is 2.41. The van der Waals surface area contributed by atoms with Crippen LogP contribution >= 0.6 is 0 Å². The van der Waals surface area contributed by atoms with Gasteiger partial charge >= 0.3 is 0 Å². The Bertz CT molecular complexity index is 339. The maximum atomic E-state index is 5.60. The number of nitrogens with one attached hydrogen (secondary N) is 1. The van der Waals surface area contributed by atoms with E-state index in [0.717, 1.165) is 31.1 Å². The van der Waals surface area contributed by atoms with Crippen molar-refractivity contribution in [2.45, 2.75) is 45.6 Å². The van der Waals surface area contributed by atoms with Crippen molar-refractivity contribution in [2.24, 2.45) is 5.92 Å². The maximum absolute atomic E-state index is 5.60. The fourth-order valence-corrected chi connectivity index (χ4v) is 2.46. The van der Waals surface area contributed by atoms with Crippen molar-refractivity contribution in [2.75, 3.05) is 13.2 Å². The Labute approximate surface area is 111 Å². The topological polar surface area (TPSA) is 21.3 Å². The van der Waals surface area contributed by atoms with E-state index in [-0.39, 0.29) is 0 Å². The first-order chi connectivity index (χ1) is 8.78. The Hall–Kier alpha value is -1.02. The van der Waals surface area contributed by atoms with Gasteiger partial charge in [-0.05, 0) is 55.8 Å². The monoisotopic (exact) mass is 247 g/mol. The van der Waals surface area contributed by atoms with E-state index in [9.17, 15) is 0 Å². The van der Waals surface area contributed by atoms with Crippen LogP contribution in [0.2, 0.25) is 0 Å². The molecule has 2 rings (SSSR count). The molecule has 2 nitrogen and oxygen atoms in total. The van der Waals surface area contributed by atoms with Gasteiger partial charge in [-0.2, -0.15) is 0 Å². The molecular weight excluding hydrogens is 222 g/mol. The molecule has 2 atom stereocenters. The summed E-state index contributed by atoms with van der Waals surface area (Å²) in [6.45, 7) is 6.43. The minimum absolute atomic E-state index is 0.656. The van der Waals surface area contributed by atoms with Crippen molar-refractivity contribution in [1.29, 1.82) is 0 Å². The summed E-state index contributed by atoms with van der Waals surface area (Å²) in [6, 6.07) is 9.24. The zero-order chi connectivity index (χ0) is 12.8. The van der Waals surface area contributed by atoms with Crippen LogP contribution in [0, 0.1) is 5.92 Å². The van der Waals surface area contributed by atoms with Crippen LogP contribution in [-0.2, 0) is 6.42 Å². The SMILES string of the molecule is CCCOc1ccc(CC2CCC(C)CN2)cc1. The van der Waals surface area contributed by atoms with E-state index < -0.39 is 0 Å². The number of piperidine rings is 1. The minimum atomic E-state index is 0.656. The standard InChI is InChI=1S/C16H25NO/c1-3-10-18-16-8-5-14(6-9-16)11-15-7-4-13(2)12-17-15/h5-6,8-9,13,15,17H,3-4,7,10-12H2,1-2H3. The van der Waals surface area contributed by atoms with E-state index in [1.54, 1.807) is 0 Å². The number of hydrogen-bond acceptors (Lipinski definition) is 2. The molecule has 2 heteroatoms. The summed E-state index contributed by atoms with van der Waals surface area (Å²) in [5, 5.41) is 3.63. The highest BCUT2D eigenvalue weighted by atomic mass is 16.5. The summed E-state index contributed by atoms with van der Waals surface area (Å²) >= 11 is 0. The molecule has 1 aliphatic rings. The molecule has 0 aromatic heterocycles. The van der Waals surface area contributed by atoms with Gasteiger partial charge in [-0.3, -0.25) is 0 Å². The van der Waals surface area contributed by atoms with Gasteiger partial charge in [0.1, 0.15) is 5.75 Å². The lowest BCUT2D eigenvalue weighted by Crippen LogP contribution is -2.39. The lowest BCUT2D eigenvalue weighted by Gasteiger charge is -2.27. The minimum Gasteiger partial charge on any atom is -0.494 e. The average molecular weight is 247 g/mol.